The molecule has 8 heteroatoms. The number of amides is 2. The zero-order valence-corrected chi connectivity index (χ0v) is 16.6. The van der Waals surface area contributed by atoms with E-state index in [9.17, 15) is 9.59 Å². The summed E-state index contributed by atoms with van der Waals surface area (Å²) in [6.45, 7) is 7.27. The molecule has 2 amide bonds. The maximum atomic E-state index is 12.3. The van der Waals surface area contributed by atoms with Gasteiger partial charge in [0.25, 0.3) is 5.91 Å². The molecule has 1 aromatic rings. The van der Waals surface area contributed by atoms with E-state index in [2.05, 4.69) is 20.2 Å². The van der Waals surface area contributed by atoms with Crippen LogP contribution in [0, 0.1) is 0 Å². The average Bonchev–Trinajstić information content (AvgIpc) is 2.96. The number of thioether (sulfide) groups is 1. The van der Waals surface area contributed by atoms with Crippen LogP contribution in [0.4, 0.5) is 10.5 Å². The molecule has 0 bridgehead atoms. The number of nitrogens with zero attached hydrogens (tertiary/aromatic N) is 3. The molecule has 0 spiro atoms. The molecule has 2 aliphatic heterocycles. The zero-order chi connectivity index (χ0) is 19.4. The molecular weight excluding hydrogens is 364 g/mol. The van der Waals surface area contributed by atoms with E-state index in [0.29, 0.717) is 16.2 Å². The van der Waals surface area contributed by atoms with Crippen molar-refractivity contribution in [2.24, 2.45) is 4.99 Å². The Hall–Kier alpha value is -2.35. The monoisotopic (exact) mass is 388 g/mol. The summed E-state index contributed by atoms with van der Waals surface area (Å²) in [5.41, 5.74) is 0.574. The summed E-state index contributed by atoms with van der Waals surface area (Å²) >= 11 is 1.37. The van der Waals surface area contributed by atoms with Gasteiger partial charge in [-0.25, -0.2) is 4.79 Å². The fourth-order valence-corrected chi connectivity index (χ4v) is 3.76. The lowest BCUT2D eigenvalue weighted by Crippen LogP contribution is -2.33. The summed E-state index contributed by atoms with van der Waals surface area (Å²) in [4.78, 5) is 35.4. The number of ether oxygens (including phenoxy) is 1. The molecule has 1 N–H and O–H groups in total. The van der Waals surface area contributed by atoms with Crippen molar-refractivity contribution in [3.05, 3.63) is 28.9 Å². The number of aliphatic imine (C=N–C) groups is 1. The molecule has 0 radical (unpaired) electrons. The molecule has 1 saturated heterocycles. The van der Waals surface area contributed by atoms with E-state index in [0.717, 1.165) is 31.1 Å². The van der Waals surface area contributed by atoms with Gasteiger partial charge in [-0.3, -0.25) is 15.1 Å². The fraction of sp³-hybridized carbons (Fsp3) is 0.474. The van der Waals surface area contributed by atoms with E-state index in [4.69, 9.17) is 4.74 Å². The third kappa shape index (κ3) is 5.32. The number of anilines is 1. The normalized spacial score (nSPS) is 19.2. The van der Waals surface area contributed by atoms with Crippen LogP contribution in [0.5, 0.6) is 0 Å². The Balaban J connectivity index is 1.74. The zero-order valence-electron chi connectivity index (χ0n) is 15.8. The van der Waals surface area contributed by atoms with Gasteiger partial charge in [0.15, 0.2) is 5.17 Å². The second kappa shape index (κ2) is 8.12. The van der Waals surface area contributed by atoms with Crippen LogP contribution >= 0.6 is 11.8 Å². The van der Waals surface area contributed by atoms with Gasteiger partial charge >= 0.3 is 6.09 Å². The van der Waals surface area contributed by atoms with Gasteiger partial charge in [-0.1, -0.05) is 0 Å². The summed E-state index contributed by atoms with van der Waals surface area (Å²) in [6.07, 6.45) is 7.82. The predicted molar refractivity (Wildman–Crippen MR) is 108 cm³/mol. The minimum Gasteiger partial charge on any atom is -0.444 e. The highest BCUT2D eigenvalue weighted by Crippen LogP contribution is 2.32. The quantitative estimate of drug-likeness (QED) is 0.774. The van der Waals surface area contributed by atoms with Crippen LogP contribution in [0.3, 0.4) is 0 Å². The SMILES string of the molecule is CC(C)(C)OC(=O)Nc1ccncc1/C=C1\SC(N2CCCCC2)=NC1=O. The van der Waals surface area contributed by atoms with Crippen LogP contribution in [-0.2, 0) is 9.53 Å². The lowest BCUT2D eigenvalue weighted by Gasteiger charge is -2.27. The first-order valence-electron chi connectivity index (χ1n) is 9.03. The molecule has 27 heavy (non-hydrogen) atoms. The summed E-state index contributed by atoms with van der Waals surface area (Å²) in [5.74, 6) is -0.257. The molecule has 0 unspecified atom stereocenters. The Morgan fingerprint density at radius 1 is 1.30 bits per heavy atom. The fourth-order valence-electron chi connectivity index (χ4n) is 2.81. The number of likely N-dealkylation sites (tertiary alicyclic amines) is 1. The number of piperidine rings is 1. The smallest absolute Gasteiger partial charge is 0.412 e. The number of amidine groups is 1. The van der Waals surface area contributed by atoms with Crippen LogP contribution in [0.2, 0.25) is 0 Å². The molecule has 1 fully saturated rings. The molecule has 2 aliphatic rings. The van der Waals surface area contributed by atoms with Gasteiger partial charge in [0.05, 0.1) is 10.6 Å². The van der Waals surface area contributed by atoms with E-state index in [1.165, 1.54) is 18.2 Å². The van der Waals surface area contributed by atoms with Crippen LogP contribution in [-0.4, -0.2) is 45.7 Å². The first-order valence-corrected chi connectivity index (χ1v) is 9.85. The van der Waals surface area contributed by atoms with Crippen molar-refractivity contribution in [2.45, 2.75) is 45.6 Å². The van der Waals surface area contributed by atoms with Crippen LogP contribution in [0.15, 0.2) is 28.4 Å². The Morgan fingerprint density at radius 2 is 2.04 bits per heavy atom. The maximum Gasteiger partial charge on any atom is 0.412 e. The summed E-state index contributed by atoms with van der Waals surface area (Å²) in [5, 5.41) is 3.48. The van der Waals surface area contributed by atoms with E-state index in [-0.39, 0.29) is 5.91 Å². The highest BCUT2D eigenvalue weighted by atomic mass is 32.2. The number of rotatable bonds is 2. The first kappa shape index (κ1) is 19.4. The molecule has 0 atom stereocenters. The van der Waals surface area contributed by atoms with Crippen molar-refractivity contribution in [1.82, 2.24) is 9.88 Å². The number of hydrogen-bond acceptors (Lipinski definition) is 6. The van der Waals surface area contributed by atoms with Crippen molar-refractivity contribution in [2.75, 3.05) is 18.4 Å². The van der Waals surface area contributed by atoms with Gasteiger partial charge in [-0.15, -0.1) is 0 Å². The van der Waals surface area contributed by atoms with Gasteiger partial charge in [0.2, 0.25) is 0 Å². The first-order chi connectivity index (χ1) is 12.8. The topological polar surface area (TPSA) is 83.9 Å². The third-order valence-electron chi connectivity index (χ3n) is 4.01. The number of carbonyl (C=O) groups excluding carboxylic acids is 2. The number of carbonyl (C=O) groups is 2. The van der Waals surface area contributed by atoms with Crippen molar-refractivity contribution < 1.29 is 14.3 Å². The maximum absolute atomic E-state index is 12.3. The van der Waals surface area contributed by atoms with Gasteiger partial charge < -0.3 is 9.64 Å². The Kier molecular flexibility index (Phi) is 5.84. The lowest BCUT2D eigenvalue weighted by atomic mass is 10.1. The molecule has 1 aromatic heterocycles. The number of pyridine rings is 1. The molecule has 3 heterocycles. The molecule has 0 aliphatic carbocycles. The van der Waals surface area contributed by atoms with Crippen LogP contribution < -0.4 is 5.32 Å². The van der Waals surface area contributed by atoms with Gasteiger partial charge in [0, 0.05) is 31.0 Å². The van der Waals surface area contributed by atoms with E-state index < -0.39 is 11.7 Å². The second-order valence-corrected chi connectivity index (χ2v) is 8.46. The Morgan fingerprint density at radius 3 is 2.74 bits per heavy atom. The lowest BCUT2D eigenvalue weighted by molar-refractivity contribution is -0.113. The summed E-state index contributed by atoms with van der Waals surface area (Å²) in [7, 11) is 0. The Labute approximate surface area is 163 Å². The molecular formula is C19H24N4O3S. The van der Waals surface area contributed by atoms with E-state index in [1.54, 1.807) is 45.3 Å². The van der Waals surface area contributed by atoms with Gasteiger partial charge in [-0.2, -0.15) is 4.99 Å². The van der Waals surface area contributed by atoms with Gasteiger partial charge in [-0.05, 0) is 63.9 Å². The largest absolute Gasteiger partial charge is 0.444 e. The molecule has 0 aromatic carbocycles. The predicted octanol–water partition coefficient (Wildman–Crippen LogP) is 3.88. The van der Waals surface area contributed by atoms with Crippen LogP contribution in [0.25, 0.3) is 6.08 Å². The highest BCUT2D eigenvalue weighted by Gasteiger charge is 2.27. The van der Waals surface area contributed by atoms with Crippen molar-refractivity contribution in [3.63, 3.8) is 0 Å². The molecule has 7 nitrogen and oxygen atoms in total. The van der Waals surface area contributed by atoms with Crippen molar-refractivity contribution in [1.29, 1.82) is 0 Å². The average molecular weight is 388 g/mol. The minimum atomic E-state index is -0.593. The molecule has 144 valence electrons. The number of hydrogen-bond donors (Lipinski definition) is 1. The van der Waals surface area contributed by atoms with E-state index in [1.807, 2.05) is 0 Å². The number of nitrogens with one attached hydrogen (secondary N) is 1. The summed E-state index contributed by atoms with van der Waals surface area (Å²) in [6, 6.07) is 1.67. The second-order valence-electron chi connectivity index (χ2n) is 7.45. The van der Waals surface area contributed by atoms with E-state index >= 15 is 0 Å². The third-order valence-corrected chi connectivity index (χ3v) is 5.05. The van der Waals surface area contributed by atoms with Crippen molar-refractivity contribution in [3.8, 4) is 0 Å². The molecule has 0 saturated carbocycles. The summed E-state index contributed by atoms with van der Waals surface area (Å²) < 4.78 is 5.29. The van der Waals surface area contributed by atoms with Crippen LogP contribution in [0.1, 0.15) is 45.6 Å². The minimum absolute atomic E-state index is 0.257. The Bertz CT molecular complexity index is 792. The molecule has 3 rings (SSSR count). The van der Waals surface area contributed by atoms with Crippen molar-refractivity contribution >= 4 is 40.7 Å². The standard InChI is InChI=1S/C19H24N4O3S/c1-19(2,3)26-18(25)21-14-7-8-20-12-13(14)11-15-16(24)22-17(27-15)23-9-5-4-6-10-23/h7-8,11-12H,4-6,9-10H2,1-3H3,(H,20,21,25)/b15-11-. The number of aromatic nitrogens is 1. The van der Waals surface area contributed by atoms with Gasteiger partial charge in [0.1, 0.15) is 5.60 Å². The highest BCUT2D eigenvalue weighted by molar-refractivity contribution is 8.18.